The molecule has 1 fully saturated rings. The van der Waals surface area contributed by atoms with Crippen molar-refractivity contribution in [1.29, 1.82) is 0 Å². The van der Waals surface area contributed by atoms with Crippen molar-refractivity contribution in [3.63, 3.8) is 0 Å². The molecule has 1 aliphatic rings. The summed E-state index contributed by atoms with van der Waals surface area (Å²) in [7, 11) is 2.11. The van der Waals surface area contributed by atoms with E-state index in [1.807, 2.05) is 0 Å². The number of hydrogen-bond donors (Lipinski definition) is 1. The van der Waals surface area contributed by atoms with Gasteiger partial charge in [-0.25, -0.2) is 0 Å². The zero-order valence-electron chi connectivity index (χ0n) is 8.31. The highest BCUT2D eigenvalue weighted by molar-refractivity contribution is 8.00. The summed E-state index contributed by atoms with van der Waals surface area (Å²) >= 11 is 2.16. The van der Waals surface area contributed by atoms with Crippen molar-refractivity contribution < 1.29 is 0 Å². The Morgan fingerprint density at radius 2 is 2.42 bits per heavy atom. The molecule has 0 amide bonds. The van der Waals surface area contributed by atoms with Gasteiger partial charge in [0.15, 0.2) is 0 Å². The van der Waals surface area contributed by atoms with Crippen molar-refractivity contribution in [2.75, 3.05) is 12.8 Å². The number of rotatable bonds is 5. The van der Waals surface area contributed by atoms with E-state index in [1.165, 1.54) is 37.9 Å². The molecule has 1 rings (SSSR count). The van der Waals surface area contributed by atoms with Crippen molar-refractivity contribution in [2.24, 2.45) is 0 Å². The zero-order valence-corrected chi connectivity index (χ0v) is 9.12. The highest BCUT2D eigenvalue weighted by atomic mass is 32.2. The Labute approximate surface area is 80.7 Å². The van der Waals surface area contributed by atoms with Crippen LogP contribution in [0.1, 0.15) is 39.0 Å². The first-order valence-electron chi connectivity index (χ1n) is 5.17. The smallest absolute Gasteiger partial charge is 0.0201 e. The lowest BCUT2D eigenvalue weighted by atomic mass is 10.0. The summed E-state index contributed by atoms with van der Waals surface area (Å²) in [6.45, 7) is 2.27. The van der Waals surface area contributed by atoms with Crippen LogP contribution in [0.2, 0.25) is 0 Å². The van der Waals surface area contributed by atoms with Gasteiger partial charge in [-0.05, 0) is 32.1 Å². The number of hydrogen-bond acceptors (Lipinski definition) is 2. The first kappa shape index (κ1) is 10.4. The highest BCUT2D eigenvalue weighted by Gasteiger charge is 2.23. The van der Waals surface area contributed by atoms with Crippen molar-refractivity contribution in [3.8, 4) is 0 Å². The average molecular weight is 187 g/mol. The van der Waals surface area contributed by atoms with Crippen molar-refractivity contribution in [2.45, 2.75) is 50.3 Å². The van der Waals surface area contributed by atoms with E-state index in [1.54, 1.807) is 0 Å². The van der Waals surface area contributed by atoms with Gasteiger partial charge in [0, 0.05) is 11.3 Å². The van der Waals surface area contributed by atoms with Crippen molar-refractivity contribution >= 4 is 11.8 Å². The first-order chi connectivity index (χ1) is 5.88. The lowest BCUT2D eigenvalue weighted by molar-refractivity contribution is 0.476. The lowest BCUT2D eigenvalue weighted by Crippen LogP contribution is -2.34. The van der Waals surface area contributed by atoms with Crippen LogP contribution in [0.15, 0.2) is 0 Å². The Morgan fingerprint density at radius 1 is 1.58 bits per heavy atom. The zero-order chi connectivity index (χ0) is 8.81. The molecule has 0 bridgehead atoms. The molecule has 12 heavy (non-hydrogen) atoms. The molecule has 1 aliphatic heterocycles. The summed E-state index contributed by atoms with van der Waals surface area (Å²) < 4.78 is 0. The minimum absolute atomic E-state index is 0.775. The van der Waals surface area contributed by atoms with Gasteiger partial charge in [-0.2, -0.15) is 11.8 Å². The van der Waals surface area contributed by atoms with Gasteiger partial charge >= 0.3 is 0 Å². The molecule has 1 N–H and O–H groups in total. The lowest BCUT2D eigenvalue weighted by Gasteiger charge is -2.21. The molecule has 0 aromatic rings. The van der Waals surface area contributed by atoms with Crippen LogP contribution < -0.4 is 5.32 Å². The molecule has 0 aromatic carbocycles. The number of nitrogens with one attached hydrogen (secondary N) is 1. The third-order valence-corrected chi connectivity index (χ3v) is 4.17. The van der Waals surface area contributed by atoms with Gasteiger partial charge in [0.1, 0.15) is 0 Å². The minimum Gasteiger partial charge on any atom is -0.316 e. The van der Waals surface area contributed by atoms with Crippen molar-refractivity contribution in [3.05, 3.63) is 0 Å². The van der Waals surface area contributed by atoms with E-state index in [2.05, 4.69) is 31.1 Å². The second-order valence-electron chi connectivity index (χ2n) is 3.59. The highest BCUT2D eigenvalue weighted by Crippen LogP contribution is 2.30. The molecule has 1 nitrogen and oxygen atoms in total. The standard InChI is InChI=1S/C10H21NS/c1-3-4-6-9(11-2)10-7-5-8-12-10/h9-11H,3-8H2,1-2H3. The third kappa shape index (κ3) is 2.98. The van der Waals surface area contributed by atoms with Crippen LogP contribution >= 0.6 is 11.8 Å². The van der Waals surface area contributed by atoms with E-state index < -0.39 is 0 Å². The van der Waals surface area contributed by atoms with E-state index in [0.29, 0.717) is 0 Å². The van der Waals surface area contributed by atoms with Crippen LogP contribution in [-0.4, -0.2) is 24.1 Å². The maximum absolute atomic E-state index is 3.46. The molecule has 0 radical (unpaired) electrons. The largest absolute Gasteiger partial charge is 0.316 e. The number of unbranched alkanes of at least 4 members (excludes halogenated alkanes) is 1. The monoisotopic (exact) mass is 187 g/mol. The molecular weight excluding hydrogens is 166 g/mol. The van der Waals surface area contributed by atoms with Crippen LogP contribution in [0.3, 0.4) is 0 Å². The van der Waals surface area contributed by atoms with Crippen LogP contribution in [0.25, 0.3) is 0 Å². The Bertz CT molecular complexity index is 110. The molecule has 1 saturated heterocycles. The maximum Gasteiger partial charge on any atom is 0.0201 e. The number of thioether (sulfide) groups is 1. The molecule has 72 valence electrons. The molecule has 0 spiro atoms. The quantitative estimate of drug-likeness (QED) is 0.710. The van der Waals surface area contributed by atoms with Crippen LogP contribution in [0, 0.1) is 0 Å². The van der Waals surface area contributed by atoms with Crippen molar-refractivity contribution in [1.82, 2.24) is 5.32 Å². The van der Waals surface area contributed by atoms with Gasteiger partial charge in [-0.1, -0.05) is 19.8 Å². The fourth-order valence-corrected chi connectivity index (χ4v) is 3.33. The molecule has 2 unspecified atom stereocenters. The Kier molecular flexibility index (Phi) is 5.08. The summed E-state index contributed by atoms with van der Waals surface area (Å²) in [6, 6.07) is 0.775. The second-order valence-corrected chi connectivity index (χ2v) is 4.94. The fourth-order valence-electron chi connectivity index (χ4n) is 1.86. The molecule has 0 aliphatic carbocycles. The Hall–Kier alpha value is 0.310. The predicted octanol–water partition coefficient (Wildman–Crippen LogP) is 2.66. The van der Waals surface area contributed by atoms with E-state index in [-0.39, 0.29) is 0 Å². The normalized spacial score (nSPS) is 26.0. The first-order valence-corrected chi connectivity index (χ1v) is 6.22. The molecule has 0 aromatic heterocycles. The maximum atomic E-state index is 3.46. The average Bonchev–Trinajstić information content (AvgIpc) is 2.59. The van der Waals surface area contributed by atoms with Gasteiger partial charge < -0.3 is 5.32 Å². The molecule has 0 saturated carbocycles. The van der Waals surface area contributed by atoms with Crippen LogP contribution in [-0.2, 0) is 0 Å². The van der Waals surface area contributed by atoms with Crippen LogP contribution in [0.4, 0.5) is 0 Å². The summed E-state index contributed by atoms with van der Waals surface area (Å²) in [6.07, 6.45) is 6.93. The summed E-state index contributed by atoms with van der Waals surface area (Å²) in [4.78, 5) is 0. The fraction of sp³-hybridized carbons (Fsp3) is 1.00. The second kappa shape index (κ2) is 5.87. The van der Waals surface area contributed by atoms with Gasteiger partial charge in [0.05, 0.1) is 0 Å². The topological polar surface area (TPSA) is 12.0 Å². The molecule has 1 heterocycles. The summed E-state index contributed by atoms with van der Waals surface area (Å²) in [5.41, 5.74) is 0. The Balaban J connectivity index is 2.22. The third-order valence-electron chi connectivity index (χ3n) is 2.65. The van der Waals surface area contributed by atoms with E-state index in [9.17, 15) is 0 Å². The van der Waals surface area contributed by atoms with Crippen LogP contribution in [0.5, 0.6) is 0 Å². The van der Waals surface area contributed by atoms with E-state index in [4.69, 9.17) is 0 Å². The molecular formula is C10H21NS. The molecule has 2 heteroatoms. The Morgan fingerprint density at radius 3 is 2.92 bits per heavy atom. The summed E-state index contributed by atoms with van der Waals surface area (Å²) in [5.74, 6) is 1.38. The van der Waals surface area contributed by atoms with Gasteiger partial charge in [-0.3, -0.25) is 0 Å². The van der Waals surface area contributed by atoms with Gasteiger partial charge in [0.2, 0.25) is 0 Å². The van der Waals surface area contributed by atoms with E-state index >= 15 is 0 Å². The SMILES string of the molecule is CCCCC(NC)C1CCCS1. The van der Waals surface area contributed by atoms with E-state index in [0.717, 1.165) is 11.3 Å². The van der Waals surface area contributed by atoms with Gasteiger partial charge in [-0.15, -0.1) is 0 Å². The molecule has 2 atom stereocenters. The summed E-state index contributed by atoms with van der Waals surface area (Å²) in [5, 5.41) is 4.36. The predicted molar refractivity (Wildman–Crippen MR) is 57.9 cm³/mol. The van der Waals surface area contributed by atoms with Gasteiger partial charge in [0.25, 0.3) is 0 Å². The minimum atomic E-state index is 0.775.